The summed E-state index contributed by atoms with van der Waals surface area (Å²) >= 11 is 6.34. The second-order valence-electron chi connectivity index (χ2n) is 15.7. The standard InChI is InChI=1S/C38H41ClF3NO5/c1-4-17-43-21-36(48-32(43)46)14-11-30-34(36,3)13-10-29-33(2)12-9-23(44)19-35(33)15-16-37(29,30)25(20-35)31(45)28-8-7-27(47-28)24-18-22(38(40,41)42)5-6-26(24)39/h5-8,15-16,18,20,23,29-30,44H,4,9-14,17,19,21H2,1-3H3. The van der Waals surface area contributed by atoms with Crippen LogP contribution in [-0.2, 0) is 10.9 Å². The lowest BCUT2D eigenvalue weighted by Gasteiger charge is -2.71. The van der Waals surface area contributed by atoms with E-state index in [1.54, 1.807) is 0 Å². The molecule has 1 saturated heterocycles. The molecule has 8 atom stereocenters. The number of ketones is 1. The van der Waals surface area contributed by atoms with Gasteiger partial charge < -0.3 is 19.2 Å². The van der Waals surface area contributed by atoms with Gasteiger partial charge in [-0.05, 0) is 98.9 Å². The number of hydrogen-bond donors (Lipinski definition) is 1. The number of aliphatic hydroxyl groups excluding tert-OH is 1. The number of furan rings is 1. The molecule has 3 saturated carbocycles. The van der Waals surface area contributed by atoms with Crippen molar-refractivity contribution in [1.82, 2.24) is 4.90 Å². The fourth-order valence-corrected chi connectivity index (χ4v) is 11.7. The van der Waals surface area contributed by atoms with Crippen LogP contribution in [0.25, 0.3) is 11.3 Å². The smallest absolute Gasteiger partial charge is 0.416 e. The van der Waals surface area contributed by atoms with Gasteiger partial charge in [0.05, 0.1) is 23.2 Å². The van der Waals surface area contributed by atoms with Crippen LogP contribution >= 0.6 is 11.6 Å². The zero-order valence-corrected chi connectivity index (χ0v) is 28.2. The number of allylic oxidation sites excluding steroid dienone is 4. The second kappa shape index (κ2) is 10.3. The zero-order valence-electron chi connectivity index (χ0n) is 27.5. The van der Waals surface area contributed by atoms with Gasteiger partial charge >= 0.3 is 12.3 Å². The molecule has 48 heavy (non-hydrogen) atoms. The normalized spacial score (nSPS) is 39.7. The molecule has 0 radical (unpaired) electrons. The summed E-state index contributed by atoms with van der Waals surface area (Å²) in [5, 5.41) is 11.0. The monoisotopic (exact) mass is 683 g/mol. The molecule has 1 aliphatic heterocycles. The van der Waals surface area contributed by atoms with Gasteiger partial charge in [0, 0.05) is 33.9 Å². The molecule has 1 aromatic carbocycles. The third kappa shape index (κ3) is 4.03. The first kappa shape index (κ1) is 32.2. The molecule has 4 fully saturated rings. The molecule has 10 heteroatoms. The van der Waals surface area contributed by atoms with Crippen LogP contribution in [0.15, 0.2) is 58.6 Å². The number of carbonyl (C=O) groups is 2. The van der Waals surface area contributed by atoms with Gasteiger partial charge in [-0.1, -0.05) is 50.6 Å². The third-order valence-electron chi connectivity index (χ3n) is 13.8. The fourth-order valence-electron chi connectivity index (χ4n) is 11.5. The Bertz CT molecular complexity index is 1780. The molecule has 256 valence electrons. The number of hydrogen-bond acceptors (Lipinski definition) is 5. The van der Waals surface area contributed by atoms with E-state index in [2.05, 4.69) is 32.1 Å². The van der Waals surface area contributed by atoms with E-state index in [1.165, 1.54) is 18.2 Å². The van der Waals surface area contributed by atoms with Crippen LogP contribution in [0.2, 0.25) is 5.02 Å². The van der Waals surface area contributed by atoms with Crippen LogP contribution < -0.4 is 0 Å². The highest BCUT2D eigenvalue weighted by molar-refractivity contribution is 6.33. The largest absolute Gasteiger partial charge is 0.453 e. The van der Waals surface area contributed by atoms with E-state index in [0.717, 1.165) is 44.2 Å². The number of aliphatic hydroxyl groups is 1. The number of ether oxygens (including phenoxy) is 1. The van der Waals surface area contributed by atoms with Crippen LogP contribution in [-0.4, -0.2) is 46.7 Å². The maximum absolute atomic E-state index is 14.9. The molecule has 2 aromatic rings. The Balaban J connectivity index is 1.24. The van der Waals surface area contributed by atoms with Crippen molar-refractivity contribution >= 4 is 23.5 Å². The number of benzene rings is 1. The van der Waals surface area contributed by atoms with Gasteiger partial charge in [-0.25, -0.2) is 4.79 Å². The quantitative estimate of drug-likeness (QED) is 0.251. The van der Waals surface area contributed by atoms with Gasteiger partial charge in [0.1, 0.15) is 11.4 Å². The first-order valence-electron chi connectivity index (χ1n) is 17.2. The lowest BCUT2D eigenvalue weighted by Crippen LogP contribution is -2.67. The van der Waals surface area contributed by atoms with Crippen molar-refractivity contribution in [2.24, 2.45) is 33.5 Å². The molecule has 1 N–H and O–H groups in total. The third-order valence-corrected chi connectivity index (χ3v) is 14.1. The maximum Gasteiger partial charge on any atom is 0.416 e. The Kier molecular flexibility index (Phi) is 6.87. The Morgan fingerprint density at radius 3 is 2.52 bits per heavy atom. The van der Waals surface area contributed by atoms with Crippen molar-refractivity contribution in [2.75, 3.05) is 13.1 Å². The summed E-state index contributed by atoms with van der Waals surface area (Å²) in [4.78, 5) is 29.9. The predicted octanol–water partition coefficient (Wildman–Crippen LogP) is 9.26. The number of Topliss-reactive ketones (excluding diaryl/α,β-unsaturated/α-hetero) is 1. The number of nitrogens with zero attached hydrogens (tertiary/aromatic N) is 1. The number of carbonyl (C=O) groups excluding carboxylic acids is 2. The molecule has 7 aliphatic rings. The van der Waals surface area contributed by atoms with Gasteiger partial charge in [0.25, 0.3) is 0 Å². The molecule has 1 amide bonds. The van der Waals surface area contributed by atoms with E-state index in [9.17, 15) is 27.9 Å². The van der Waals surface area contributed by atoms with E-state index >= 15 is 0 Å². The average Bonchev–Trinajstić information content (AvgIpc) is 3.72. The molecule has 1 aromatic heterocycles. The van der Waals surface area contributed by atoms with Crippen LogP contribution in [0.4, 0.5) is 18.0 Å². The summed E-state index contributed by atoms with van der Waals surface area (Å²) in [7, 11) is 0. The van der Waals surface area contributed by atoms with Crippen molar-refractivity contribution in [3.05, 3.63) is 70.5 Å². The molecule has 2 bridgehead atoms. The van der Waals surface area contributed by atoms with Gasteiger partial charge in [-0.2, -0.15) is 13.2 Å². The lowest BCUT2D eigenvalue weighted by atomic mass is 9.32. The van der Waals surface area contributed by atoms with E-state index in [0.29, 0.717) is 37.9 Å². The first-order valence-corrected chi connectivity index (χ1v) is 17.6. The molecule has 8 unspecified atom stereocenters. The second-order valence-corrected chi connectivity index (χ2v) is 16.2. The highest BCUT2D eigenvalue weighted by Gasteiger charge is 2.76. The Labute approximate surface area is 283 Å². The topological polar surface area (TPSA) is 80.0 Å². The van der Waals surface area contributed by atoms with Crippen LogP contribution in [0.1, 0.15) is 88.3 Å². The van der Waals surface area contributed by atoms with Crippen molar-refractivity contribution in [3.63, 3.8) is 0 Å². The summed E-state index contributed by atoms with van der Waals surface area (Å²) in [5.41, 5.74) is -2.61. The van der Waals surface area contributed by atoms with E-state index < -0.39 is 39.7 Å². The van der Waals surface area contributed by atoms with Crippen LogP contribution in [0.5, 0.6) is 0 Å². The summed E-state index contributed by atoms with van der Waals surface area (Å²) in [6, 6.07) is 6.08. The van der Waals surface area contributed by atoms with E-state index in [4.69, 9.17) is 20.8 Å². The molecular formula is C38H41ClF3NO5. The lowest BCUT2D eigenvalue weighted by molar-refractivity contribution is -0.164. The van der Waals surface area contributed by atoms with Crippen molar-refractivity contribution in [2.45, 2.75) is 90.0 Å². The number of halogens is 4. The van der Waals surface area contributed by atoms with Gasteiger partial charge in [-0.3, -0.25) is 4.79 Å². The van der Waals surface area contributed by atoms with Crippen LogP contribution in [0, 0.1) is 33.5 Å². The number of alkyl halides is 3. The Morgan fingerprint density at radius 1 is 1.04 bits per heavy atom. The van der Waals surface area contributed by atoms with Gasteiger partial charge in [0.15, 0.2) is 5.76 Å². The number of rotatable bonds is 5. The van der Waals surface area contributed by atoms with Crippen LogP contribution in [0.3, 0.4) is 0 Å². The predicted molar refractivity (Wildman–Crippen MR) is 173 cm³/mol. The number of amides is 1. The molecule has 6 aliphatic carbocycles. The minimum Gasteiger partial charge on any atom is -0.453 e. The minimum atomic E-state index is -4.57. The van der Waals surface area contributed by atoms with Crippen molar-refractivity contribution < 1.29 is 37.0 Å². The van der Waals surface area contributed by atoms with Gasteiger partial charge in [-0.15, -0.1) is 0 Å². The molecule has 6 nitrogen and oxygen atoms in total. The molecular weight excluding hydrogens is 643 g/mol. The minimum absolute atomic E-state index is 0.00102. The maximum atomic E-state index is 14.9. The highest BCUT2D eigenvalue weighted by atomic mass is 35.5. The molecule has 2 heterocycles. The Hall–Kier alpha value is -3.04. The fraction of sp³-hybridized carbons (Fsp3) is 0.579. The Morgan fingerprint density at radius 2 is 1.77 bits per heavy atom. The summed E-state index contributed by atoms with van der Waals surface area (Å²) in [6.07, 6.45) is 7.35. The van der Waals surface area contributed by atoms with E-state index in [1.807, 2.05) is 11.8 Å². The summed E-state index contributed by atoms with van der Waals surface area (Å²) in [6.45, 7) is 7.80. The molecule has 3 spiro atoms. The number of fused-ring (bicyclic) bond motifs is 2. The zero-order chi connectivity index (χ0) is 34.1. The average molecular weight is 684 g/mol. The van der Waals surface area contributed by atoms with Crippen molar-refractivity contribution in [1.29, 1.82) is 0 Å². The summed E-state index contributed by atoms with van der Waals surface area (Å²) < 4.78 is 53.2. The van der Waals surface area contributed by atoms with Gasteiger partial charge in [0.2, 0.25) is 5.78 Å². The SMILES string of the molecule is CCCN1CC2(CCC3C45C=CC6(C=C4C(=O)c4ccc(-c7cc(C(F)(F)F)ccc7Cl)o4)CC(O)CCC6(C)C5CCC32C)OC1=O. The summed E-state index contributed by atoms with van der Waals surface area (Å²) in [5.74, 6) is -0.0790. The highest BCUT2D eigenvalue weighted by Crippen LogP contribution is 2.79. The van der Waals surface area contributed by atoms with E-state index in [-0.39, 0.29) is 51.2 Å². The van der Waals surface area contributed by atoms with Crippen molar-refractivity contribution in [3.8, 4) is 11.3 Å². The molecule has 9 rings (SSSR count). The first-order chi connectivity index (χ1) is 22.6.